The SMILES string of the molecule is C[C@H](Nc1ncc2c(n1)CN(C(=O)N[C@H](CN(C)C)c1ccccc1)[C@H](C)C2)c1ccccn1. The number of fused-ring (bicyclic) bond motifs is 1. The zero-order chi connectivity index (χ0) is 24.1. The minimum atomic E-state index is -0.0980. The zero-order valence-corrected chi connectivity index (χ0v) is 20.3. The molecule has 0 radical (unpaired) electrons. The summed E-state index contributed by atoms with van der Waals surface area (Å²) in [6, 6.07) is 15.8. The molecule has 0 spiro atoms. The molecule has 0 bridgehead atoms. The van der Waals surface area contributed by atoms with E-state index < -0.39 is 0 Å². The molecule has 0 aliphatic carbocycles. The molecule has 1 aliphatic rings. The molecule has 2 amide bonds. The lowest BCUT2D eigenvalue weighted by atomic mass is 10.0. The van der Waals surface area contributed by atoms with Crippen molar-refractivity contribution >= 4 is 12.0 Å². The average molecular weight is 460 g/mol. The molecule has 8 heteroatoms. The molecule has 178 valence electrons. The summed E-state index contributed by atoms with van der Waals surface area (Å²) in [4.78, 5) is 31.0. The Labute approximate surface area is 201 Å². The summed E-state index contributed by atoms with van der Waals surface area (Å²) in [6.07, 6.45) is 4.38. The zero-order valence-electron chi connectivity index (χ0n) is 20.3. The number of hydrogen-bond donors (Lipinski definition) is 2. The van der Waals surface area contributed by atoms with Gasteiger partial charge >= 0.3 is 6.03 Å². The largest absolute Gasteiger partial charge is 0.346 e. The first-order valence-electron chi connectivity index (χ1n) is 11.7. The van der Waals surface area contributed by atoms with E-state index in [4.69, 9.17) is 4.98 Å². The molecule has 4 rings (SSSR count). The van der Waals surface area contributed by atoms with Crippen molar-refractivity contribution < 1.29 is 4.79 Å². The maximum Gasteiger partial charge on any atom is 0.318 e. The van der Waals surface area contributed by atoms with Crippen molar-refractivity contribution in [2.45, 2.75) is 44.9 Å². The van der Waals surface area contributed by atoms with Crippen LogP contribution in [-0.2, 0) is 13.0 Å². The van der Waals surface area contributed by atoms with E-state index in [1.54, 1.807) is 6.20 Å². The van der Waals surface area contributed by atoms with Crippen LogP contribution in [0.2, 0.25) is 0 Å². The fourth-order valence-corrected chi connectivity index (χ4v) is 4.25. The molecule has 34 heavy (non-hydrogen) atoms. The quantitative estimate of drug-likeness (QED) is 0.559. The molecule has 2 N–H and O–H groups in total. The van der Waals surface area contributed by atoms with Gasteiger partial charge in [0.25, 0.3) is 0 Å². The number of carbonyl (C=O) groups excluding carboxylic acids is 1. The molecule has 2 aromatic heterocycles. The number of pyridine rings is 1. The van der Waals surface area contributed by atoms with E-state index in [1.807, 2.05) is 68.5 Å². The molecule has 8 nitrogen and oxygen atoms in total. The number of aromatic nitrogens is 3. The third kappa shape index (κ3) is 5.69. The van der Waals surface area contributed by atoms with Crippen molar-refractivity contribution in [1.82, 2.24) is 30.1 Å². The van der Waals surface area contributed by atoms with Crippen molar-refractivity contribution in [3.63, 3.8) is 0 Å². The molecule has 3 atom stereocenters. The van der Waals surface area contributed by atoms with Crippen LogP contribution in [0.15, 0.2) is 60.9 Å². The topological polar surface area (TPSA) is 86.3 Å². The molecule has 0 unspecified atom stereocenters. The lowest BCUT2D eigenvalue weighted by Crippen LogP contribution is -2.50. The maximum atomic E-state index is 13.4. The van der Waals surface area contributed by atoms with Gasteiger partial charge in [0.15, 0.2) is 0 Å². The van der Waals surface area contributed by atoms with Crippen molar-refractivity contribution in [2.75, 3.05) is 26.0 Å². The first-order valence-corrected chi connectivity index (χ1v) is 11.7. The summed E-state index contributed by atoms with van der Waals surface area (Å²) in [5.74, 6) is 0.543. The van der Waals surface area contributed by atoms with Crippen molar-refractivity contribution in [3.8, 4) is 0 Å². The Hall–Kier alpha value is -3.52. The Kier molecular flexibility index (Phi) is 7.37. The number of nitrogens with one attached hydrogen (secondary N) is 2. The Morgan fingerprint density at radius 3 is 2.62 bits per heavy atom. The van der Waals surface area contributed by atoms with Gasteiger partial charge in [0.1, 0.15) is 0 Å². The lowest BCUT2D eigenvalue weighted by molar-refractivity contribution is 0.161. The minimum absolute atomic E-state index is 0.0289. The Morgan fingerprint density at radius 2 is 1.91 bits per heavy atom. The Morgan fingerprint density at radius 1 is 1.15 bits per heavy atom. The van der Waals surface area contributed by atoms with Crippen molar-refractivity contribution in [3.05, 3.63) is 83.4 Å². The first kappa shape index (κ1) is 23.6. The number of urea groups is 1. The Balaban J connectivity index is 1.48. The molecular formula is C26H33N7O. The van der Waals surface area contributed by atoms with E-state index in [9.17, 15) is 4.79 Å². The second kappa shape index (κ2) is 10.6. The van der Waals surface area contributed by atoms with Gasteiger partial charge in [-0.15, -0.1) is 0 Å². The molecule has 1 aliphatic heterocycles. The summed E-state index contributed by atoms with van der Waals surface area (Å²) in [6.45, 7) is 5.26. The summed E-state index contributed by atoms with van der Waals surface area (Å²) in [5, 5.41) is 6.57. The van der Waals surface area contributed by atoms with Crippen LogP contribution < -0.4 is 10.6 Å². The van der Waals surface area contributed by atoms with Gasteiger partial charge in [-0.1, -0.05) is 36.4 Å². The normalized spacial score (nSPS) is 17.1. The number of amides is 2. The molecule has 3 heterocycles. The Bertz CT molecular complexity index is 1090. The van der Waals surface area contributed by atoms with Crippen LogP contribution in [0.25, 0.3) is 0 Å². The fourth-order valence-electron chi connectivity index (χ4n) is 4.25. The van der Waals surface area contributed by atoms with Crippen LogP contribution in [-0.4, -0.2) is 57.5 Å². The first-order chi connectivity index (χ1) is 16.4. The third-order valence-electron chi connectivity index (χ3n) is 6.11. The van der Waals surface area contributed by atoms with Crippen LogP contribution in [0.3, 0.4) is 0 Å². The van der Waals surface area contributed by atoms with Gasteiger partial charge in [0.2, 0.25) is 5.95 Å². The standard InChI is InChI=1S/C26H33N7O/c1-18-14-21-15-28-25(29-19(2)22-12-8-9-13-27-22)30-24(21)17-33(18)26(34)31-23(16-32(3)4)20-10-6-5-7-11-20/h5-13,15,18-19,23H,14,16-17H2,1-4H3,(H,31,34)(H,28,29,30)/t18-,19+,23-/m1/s1. The summed E-state index contributed by atoms with van der Waals surface area (Å²) in [5.41, 5.74) is 3.97. The van der Waals surface area contributed by atoms with Gasteiger partial charge < -0.3 is 20.4 Å². The molecule has 3 aromatic rings. The number of rotatable bonds is 7. The van der Waals surface area contributed by atoms with E-state index in [0.717, 1.165) is 35.5 Å². The predicted octanol–water partition coefficient (Wildman–Crippen LogP) is 3.80. The summed E-state index contributed by atoms with van der Waals surface area (Å²) in [7, 11) is 4.03. The van der Waals surface area contributed by atoms with E-state index >= 15 is 0 Å². The van der Waals surface area contributed by atoms with E-state index in [2.05, 4.69) is 44.6 Å². The number of nitrogens with zero attached hydrogens (tertiary/aromatic N) is 5. The highest BCUT2D eigenvalue weighted by Crippen LogP contribution is 2.24. The number of hydrogen-bond acceptors (Lipinski definition) is 6. The minimum Gasteiger partial charge on any atom is -0.346 e. The summed E-state index contributed by atoms with van der Waals surface area (Å²) >= 11 is 0. The van der Waals surface area contributed by atoms with Crippen LogP contribution >= 0.6 is 0 Å². The number of carbonyl (C=O) groups is 1. The highest BCUT2D eigenvalue weighted by Gasteiger charge is 2.30. The van der Waals surface area contributed by atoms with Crippen LogP contribution in [0.1, 0.15) is 48.4 Å². The molecule has 1 aromatic carbocycles. The van der Waals surface area contributed by atoms with Gasteiger partial charge in [-0.2, -0.15) is 0 Å². The number of anilines is 1. The summed E-state index contributed by atoms with van der Waals surface area (Å²) < 4.78 is 0. The van der Waals surface area contributed by atoms with Gasteiger partial charge in [-0.25, -0.2) is 14.8 Å². The second-order valence-corrected chi connectivity index (χ2v) is 9.14. The van der Waals surface area contributed by atoms with Gasteiger partial charge in [0.05, 0.1) is 30.0 Å². The van der Waals surface area contributed by atoms with Crippen molar-refractivity contribution in [2.24, 2.45) is 0 Å². The molecule has 0 saturated carbocycles. The highest BCUT2D eigenvalue weighted by molar-refractivity contribution is 5.75. The second-order valence-electron chi connectivity index (χ2n) is 9.14. The average Bonchev–Trinajstić information content (AvgIpc) is 2.84. The smallest absolute Gasteiger partial charge is 0.318 e. The number of likely N-dealkylation sites (N-methyl/N-ethyl adjacent to an activating group) is 1. The monoisotopic (exact) mass is 459 g/mol. The van der Waals surface area contributed by atoms with Gasteiger partial charge in [-0.3, -0.25) is 4.98 Å². The van der Waals surface area contributed by atoms with E-state index in [-0.39, 0.29) is 24.2 Å². The fraction of sp³-hybridized carbons (Fsp3) is 0.385. The predicted molar refractivity (Wildman–Crippen MR) is 133 cm³/mol. The van der Waals surface area contributed by atoms with Gasteiger partial charge in [0, 0.05) is 25.0 Å². The van der Waals surface area contributed by atoms with Crippen molar-refractivity contribution in [1.29, 1.82) is 0 Å². The van der Waals surface area contributed by atoms with Crippen LogP contribution in [0.5, 0.6) is 0 Å². The maximum absolute atomic E-state index is 13.4. The lowest BCUT2D eigenvalue weighted by Gasteiger charge is -2.35. The van der Waals surface area contributed by atoms with Crippen LogP contribution in [0, 0.1) is 0 Å². The molecular weight excluding hydrogens is 426 g/mol. The van der Waals surface area contributed by atoms with Gasteiger partial charge in [-0.05, 0) is 57.6 Å². The van der Waals surface area contributed by atoms with E-state index in [0.29, 0.717) is 12.5 Å². The van der Waals surface area contributed by atoms with Crippen LogP contribution in [0.4, 0.5) is 10.7 Å². The van der Waals surface area contributed by atoms with E-state index in [1.165, 1.54) is 0 Å². The number of benzene rings is 1. The molecule has 0 fully saturated rings. The third-order valence-corrected chi connectivity index (χ3v) is 6.11. The highest BCUT2D eigenvalue weighted by atomic mass is 16.2. The molecule has 0 saturated heterocycles.